The lowest BCUT2D eigenvalue weighted by Crippen LogP contribution is -2.17. The van der Waals surface area contributed by atoms with Gasteiger partial charge in [-0.05, 0) is 30.0 Å². The summed E-state index contributed by atoms with van der Waals surface area (Å²) < 4.78 is 5.93. The van der Waals surface area contributed by atoms with E-state index in [1.807, 2.05) is 36.4 Å². The van der Waals surface area contributed by atoms with Crippen LogP contribution in [0.25, 0.3) is 0 Å². The van der Waals surface area contributed by atoms with Crippen molar-refractivity contribution in [2.45, 2.75) is 39.0 Å². The first-order valence-electron chi connectivity index (χ1n) is 7.46. The van der Waals surface area contributed by atoms with Crippen LogP contribution in [0, 0.1) is 10.1 Å². The van der Waals surface area contributed by atoms with Crippen LogP contribution in [0.5, 0.6) is 11.5 Å². The van der Waals surface area contributed by atoms with Crippen LogP contribution < -0.4 is 4.74 Å². The van der Waals surface area contributed by atoms with Gasteiger partial charge in [-0.3, -0.25) is 10.1 Å². The van der Waals surface area contributed by atoms with E-state index in [0.29, 0.717) is 11.5 Å². The number of rotatable bonds is 6. The fourth-order valence-electron chi connectivity index (χ4n) is 2.64. The van der Waals surface area contributed by atoms with Crippen molar-refractivity contribution in [1.29, 1.82) is 0 Å². The number of benzene rings is 2. The van der Waals surface area contributed by atoms with E-state index in [9.17, 15) is 10.1 Å². The third kappa shape index (κ3) is 3.64. The first-order chi connectivity index (χ1) is 10.4. The molecule has 0 aliphatic carbocycles. The summed E-state index contributed by atoms with van der Waals surface area (Å²) >= 11 is 0. The van der Waals surface area contributed by atoms with Crippen LogP contribution in [0.15, 0.2) is 48.5 Å². The van der Waals surface area contributed by atoms with Gasteiger partial charge in [0, 0.05) is 11.6 Å². The summed E-state index contributed by atoms with van der Waals surface area (Å²) in [6, 6.07) is 14.2. The molecule has 0 saturated heterocycles. The molecule has 0 aliphatic rings. The Morgan fingerprint density at radius 3 is 2.41 bits per heavy atom. The molecule has 0 bridgehead atoms. The minimum absolute atomic E-state index is 0.0435. The molecule has 0 aromatic heterocycles. The minimum atomic E-state index is -0.394. The molecule has 0 unspecified atom stereocenters. The van der Waals surface area contributed by atoms with E-state index in [4.69, 9.17) is 4.74 Å². The highest BCUT2D eigenvalue weighted by atomic mass is 16.6. The van der Waals surface area contributed by atoms with Crippen molar-refractivity contribution in [1.82, 2.24) is 0 Å². The molecule has 0 amide bonds. The molecular weight excluding hydrogens is 278 g/mol. The average molecular weight is 299 g/mol. The Bertz CT molecular complexity index is 651. The van der Waals surface area contributed by atoms with E-state index in [1.54, 1.807) is 6.07 Å². The van der Waals surface area contributed by atoms with Crippen molar-refractivity contribution in [2.24, 2.45) is 0 Å². The Hall–Kier alpha value is -2.36. The fourth-order valence-corrected chi connectivity index (χ4v) is 2.64. The van der Waals surface area contributed by atoms with Gasteiger partial charge in [-0.1, -0.05) is 45.4 Å². The second kappa shape index (κ2) is 6.60. The third-order valence-corrected chi connectivity index (χ3v) is 3.75. The molecule has 0 saturated carbocycles. The van der Waals surface area contributed by atoms with Crippen molar-refractivity contribution in [3.05, 3.63) is 64.2 Å². The monoisotopic (exact) mass is 299 g/mol. The number of hydrogen-bond acceptors (Lipinski definition) is 3. The fraction of sp³-hybridized carbons (Fsp3) is 0.333. The summed E-state index contributed by atoms with van der Waals surface area (Å²) in [5, 5.41) is 11.0. The molecule has 0 heterocycles. The zero-order valence-corrected chi connectivity index (χ0v) is 13.2. The lowest BCUT2D eigenvalue weighted by atomic mass is 9.80. The lowest BCUT2D eigenvalue weighted by Gasteiger charge is -2.27. The Morgan fingerprint density at radius 1 is 1.14 bits per heavy atom. The van der Waals surface area contributed by atoms with E-state index in [2.05, 4.69) is 20.8 Å². The number of ether oxygens (including phenoxy) is 1. The average Bonchev–Trinajstić information content (AvgIpc) is 2.48. The lowest BCUT2D eigenvalue weighted by molar-refractivity contribution is -0.384. The van der Waals surface area contributed by atoms with Crippen LogP contribution in [0.3, 0.4) is 0 Å². The SMILES string of the molecule is CCCC(C)(C)c1ccc([N+](=O)[O-])cc1Oc1ccccc1. The summed E-state index contributed by atoms with van der Waals surface area (Å²) in [7, 11) is 0. The van der Waals surface area contributed by atoms with Gasteiger partial charge in [-0.25, -0.2) is 0 Å². The first kappa shape index (κ1) is 16.0. The number of hydrogen-bond donors (Lipinski definition) is 0. The summed E-state index contributed by atoms with van der Waals surface area (Å²) in [5.74, 6) is 1.23. The van der Waals surface area contributed by atoms with Crippen molar-refractivity contribution >= 4 is 5.69 Å². The molecule has 0 spiro atoms. The molecule has 0 aliphatic heterocycles. The van der Waals surface area contributed by atoms with Crippen LogP contribution >= 0.6 is 0 Å². The summed E-state index contributed by atoms with van der Waals surface area (Å²) in [4.78, 5) is 10.6. The first-order valence-corrected chi connectivity index (χ1v) is 7.46. The molecule has 0 atom stereocenters. The van der Waals surface area contributed by atoms with Crippen LogP contribution in [0.1, 0.15) is 39.2 Å². The number of nitro groups is 1. The van der Waals surface area contributed by atoms with Gasteiger partial charge in [-0.2, -0.15) is 0 Å². The van der Waals surface area contributed by atoms with Crippen molar-refractivity contribution in [3.8, 4) is 11.5 Å². The van der Waals surface area contributed by atoms with Gasteiger partial charge in [0.05, 0.1) is 11.0 Å². The molecule has 0 radical (unpaired) electrons. The maximum Gasteiger partial charge on any atom is 0.273 e. The van der Waals surface area contributed by atoms with E-state index in [0.717, 1.165) is 18.4 Å². The Balaban J connectivity index is 2.47. The molecule has 22 heavy (non-hydrogen) atoms. The number of nitrogens with zero attached hydrogens (tertiary/aromatic N) is 1. The Morgan fingerprint density at radius 2 is 1.82 bits per heavy atom. The van der Waals surface area contributed by atoms with Gasteiger partial charge >= 0.3 is 0 Å². The van der Waals surface area contributed by atoms with Crippen molar-refractivity contribution in [2.75, 3.05) is 0 Å². The maximum absolute atomic E-state index is 11.0. The third-order valence-electron chi connectivity index (χ3n) is 3.75. The number of non-ortho nitro benzene ring substituents is 1. The zero-order valence-electron chi connectivity index (χ0n) is 13.2. The van der Waals surface area contributed by atoms with Gasteiger partial charge in [0.2, 0.25) is 0 Å². The Kier molecular flexibility index (Phi) is 4.81. The number of nitro benzene ring substituents is 1. The van der Waals surface area contributed by atoms with E-state index < -0.39 is 4.92 Å². The van der Waals surface area contributed by atoms with Crippen LogP contribution in [-0.4, -0.2) is 4.92 Å². The second-order valence-electron chi connectivity index (χ2n) is 5.99. The topological polar surface area (TPSA) is 52.4 Å². The smallest absolute Gasteiger partial charge is 0.273 e. The number of para-hydroxylation sites is 1. The minimum Gasteiger partial charge on any atom is -0.457 e. The molecule has 4 heteroatoms. The summed E-state index contributed by atoms with van der Waals surface area (Å²) in [6.45, 7) is 6.40. The van der Waals surface area contributed by atoms with Gasteiger partial charge in [0.1, 0.15) is 11.5 Å². The summed E-state index contributed by atoms with van der Waals surface area (Å²) in [6.07, 6.45) is 2.02. The van der Waals surface area contributed by atoms with Crippen molar-refractivity contribution < 1.29 is 9.66 Å². The maximum atomic E-state index is 11.0. The standard InChI is InChI=1S/C18H21NO3/c1-4-12-18(2,3)16-11-10-14(19(20)21)13-17(16)22-15-8-6-5-7-9-15/h5-11,13H,4,12H2,1-3H3. The van der Waals surface area contributed by atoms with Gasteiger partial charge in [0.25, 0.3) is 5.69 Å². The largest absolute Gasteiger partial charge is 0.457 e. The quantitative estimate of drug-likeness (QED) is 0.525. The van der Waals surface area contributed by atoms with Crippen LogP contribution in [0.4, 0.5) is 5.69 Å². The molecule has 4 nitrogen and oxygen atoms in total. The van der Waals surface area contributed by atoms with Gasteiger partial charge < -0.3 is 4.74 Å². The zero-order chi connectivity index (χ0) is 16.2. The Labute approximate surface area is 130 Å². The molecular formula is C18H21NO3. The molecule has 2 rings (SSSR count). The molecule has 2 aromatic rings. The molecule has 116 valence electrons. The summed E-state index contributed by atoms with van der Waals surface area (Å²) in [5.41, 5.74) is 0.930. The normalized spacial score (nSPS) is 11.2. The van der Waals surface area contributed by atoms with Crippen molar-refractivity contribution in [3.63, 3.8) is 0 Å². The molecule has 0 fully saturated rings. The molecule has 2 aromatic carbocycles. The van der Waals surface area contributed by atoms with E-state index >= 15 is 0 Å². The predicted molar refractivity (Wildman–Crippen MR) is 87.5 cm³/mol. The predicted octanol–water partition coefficient (Wildman–Crippen LogP) is 5.46. The van der Waals surface area contributed by atoms with Gasteiger partial charge in [0.15, 0.2) is 0 Å². The highest BCUT2D eigenvalue weighted by molar-refractivity contribution is 5.49. The van der Waals surface area contributed by atoms with Gasteiger partial charge in [-0.15, -0.1) is 0 Å². The highest BCUT2D eigenvalue weighted by Gasteiger charge is 2.25. The van der Waals surface area contributed by atoms with E-state index in [1.165, 1.54) is 6.07 Å². The van der Waals surface area contributed by atoms with E-state index in [-0.39, 0.29) is 11.1 Å². The second-order valence-corrected chi connectivity index (χ2v) is 5.99. The highest BCUT2D eigenvalue weighted by Crippen LogP contribution is 2.39. The molecule has 0 N–H and O–H groups in total. The van der Waals surface area contributed by atoms with Crippen LogP contribution in [0.2, 0.25) is 0 Å². The van der Waals surface area contributed by atoms with Crippen LogP contribution in [-0.2, 0) is 5.41 Å².